The smallest absolute Gasteiger partial charge is 0.289 e. The SMILES string of the molecule is CC[C@@H]1C[C@@]1(NC(=O)[C@@H]1[C@@H]2[C@H](CN1C(=O)[C@@H](NC=O)C1(C)CCCCC1)C2(C)C)C(=O)C(=O)NCC1CC1. The molecule has 38 heavy (non-hydrogen) atoms. The number of hydrogen-bond acceptors (Lipinski definition) is 5. The van der Waals surface area contributed by atoms with E-state index < -0.39 is 29.3 Å². The minimum atomic E-state index is -1.19. The first-order valence-corrected chi connectivity index (χ1v) is 14.6. The summed E-state index contributed by atoms with van der Waals surface area (Å²) in [4.78, 5) is 67.3. The van der Waals surface area contributed by atoms with Crippen molar-refractivity contribution in [3.63, 3.8) is 0 Å². The van der Waals surface area contributed by atoms with Gasteiger partial charge in [0.25, 0.3) is 5.91 Å². The maximum absolute atomic E-state index is 14.0. The number of carbonyl (C=O) groups excluding carboxylic acids is 5. The van der Waals surface area contributed by atoms with E-state index in [0.29, 0.717) is 38.3 Å². The molecular weight excluding hydrogens is 484 g/mol. The van der Waals surface area contributed by atoms with E-state index in [0.717, 1.165) is 44.9 Å². The van der Waals surface area contributed by atoms with Gasteiger partial charge in [-0.2, -0.15) is 0 Å². The highest BCUT2D eigenvalue weighted by Crippen LogP contribution is 2.65. The zero-order valence-corrected chi connectivity index (χ0v) is 23.3. The monoisotopic (exact) mass is 528 g/mol. The summed E-state index contributed by atoms with van der Waals surface area (Å²) in [6.07, 6.45) is 8.68. The first-order chi connectivity index (χ1) is 18.0. The van der Waals surface area contributed by atoms with Gasteiger partial charge in [-0.05, 0) is 66.6 Å². The fraction of sp³-hybridized carbons (Fsp3) is 0.828. The molecule has 4 saturated carbocycles. The van der Waals surface area contributed by atoms with E-state index in [-0.39, 0.29) is 40.4 Å². The average Bonchev–Trinajstić information content (AvgIpc) is 3.84. The van der Waals surface area contributed by atoms with Gasteiger partial charge in [0.1, 0.15) is 17.6 Å². The third-order valence-electron chi connectivity index (χ3n) is 10.7. The maximum atomic E-state index is 14.0. The molecule has 5 fully saturated rings. The second-order valence-corrected chi connectivity index (χ2v) is 13.6. The Morgan fingerprint density at radius 1 is 1.05 bits per heavy atom. The van der Waals surface area contributed by atoms with Gasteiger partial charge in [-0.1, -0.05) is 53.4 Å². The number of ketones is 1. The summed E-state index contributed by atoms with van der Waals surface area (Å²) >= 11 is 0. The normalized spacial score (nSPS) is 34.9. The molecule has 5 rings (SSSR count). The lowest BCUT2D eigenvalue weighted by atomic mass is 9.70. The van der Waals surface area contributed by atoms with E-state index in [9.17, 15) is 24.0 Å². The van der Waals surface area contributed by atoms with Crippen LogP contribution in [0.25, 0.3) is 0 Å². The van der Waals surface area contributed by atoms with Gasteiger partial charge < -0.3 is 20.9 Å². The molecule has 5 aliphatic rings. The highest BCUT2D eigenvalue weighted by molar-refractivity contribution is 6.41. The van der Waals surface area contributed by atoms with Gasteiger partial charge in [-0.3, -0.25) is 24.0 Å². The van der Waals surface area contributed by atoms with Crippen LogP contribution in [0.1, 0.15) is 85.5 Å². The van der Waals surface area contributed by atoms with Crippen LogP contribution in [0.5, 0.6) is 0 Å². The number of amides is 4. The van der Waals surface area contributed by atoms with Crippen molar-refractivity contribution in [3.05, 3.63) is 0 Å². The van der Waals surface area contributed by atoms with Crippen molar-refractivity contribution < 1.29 is 24.0 Å². The molecule has 3 N–H and O–H groups in total. The molecule has 6 atom stereocenters. The van der Waals surface area contributed by atoms with Crippen molar-refractivity contribution in [1.82, 2.24) is 20.9 Å². The zero-order chi connectivity index (χ0) is 27.5. The quantitative estimate of drug-likeness (QED) is 0.279. The standard InChI is InChI=1S/C29H44N4O5/c1-5-18-13-29(18,23(35)25(37)30-14-17-9-10-17)32-24(36)21-20-19(27(20,2)3)15-33(21)26(38)22(31-16-34)28(4)11-7-6-8-12-28/h16-22H,5-15H2,1-4H3,(H,30,37)(H,31,34)(H,32,36)/t18-,19+,20+,21+,22-,29+/m1/s1. The van der Waals surface area contributed by atoms with E-state index in [1.807, 2.05) is 6.92 Å². The molecule has 210 valence electrons. The Morgan fingerprint density at radius 3 is 2.32 bits per heavy atom. The second kappa shape index (κ2) is 9.63. The zero-order valence-electron chi connectivity index (χ0n) is 23.3. The van der Waals surface area contributed by atoms with E-state index in [4.69, 9.17) is 0 Å². The number of nitrogens with zero attached hydrogens (tertiary/aromatic N) is 1. The summed E-state index contributed by atoms with van der Waals surface area (Å²) in [7, 11) is 0. The first kappa shape index (κ1) is 27.1. The summed E-state index contributed by atoms with van der Waals surface area (Å²) in [6.45, 7) is 9.21. The summed E-state index contributed by atoms with van der Waals surface area (Å²) in [5.41, 5.74) is -1.64. The van der Waals surface area contributed by atoms with Crippen molar-refractivity contribution in [3.8, 4) is 0 Å². The molecule has 1 saturated heterocycles. The molecule has 0 bridgehead atoms. The first-order valence-electron chi connectivity index (χ1n) is 14.6. The number of fused-ring (bicyclic) bond motifs is 1. The van der Waals surface area contributed by atoms with Crippen LogP contribution >= 0.6 is 0 Å². The Kier molecular flexibility index (Phi) is 6.87. The molecule has 1 aliphatic heterocycles. The van der Waals surface area contributed by atoms with E-state index >= 15 is 0 Å². The highest BCUT2D eigenvalue weighted by Gasteiger charge is 2.71. The lowest BCUT2D eigenvalue weighted by Gasteiger charge is -2.42. The molecule has 1 heterocycles. The van der Waals surface area contributed by atoms with Gasteiger partial charge in [-0.25, -0.2) is 0 Å². The number of hydrogen-bond donors (Lipinski definition) is 3. The maximum Gasteiger partial charge on any atom is 0.289 e. The molecule has 0 unspecified atom stereocenters. The van der Waals surface area contributed by atoms with Crippen molar-refractivity contribution in [2.24, 2.45) is 34.5 Å². The van der Waals surface area contributed by atoms with Crippen LogP contribution in [0.2, 0.25) is 0 Å². The third kappa shape index (κ3) is 4.53. The number of carbonyl (C=O) groups is 5. The summed E-state index contributed by atoms with van der Waals surface area (Å²) < 4.78 is 0. The summed E-state index contributed by atoms with van der Waals surface area (Å²) in [6, 6.07) is -1.41. The van der Waals surface area contributed by atoms with Gasteiger partial charge >= 0.3 is 0 Å². The third-order valence-corrected chi connectivity index (χ3v) is 10.7. The molecule has 9 heteroatoms. The molecule has 0 aromatic heterocycles. The summed E-state index contributed by atoms with van der Waals surface area (Å²) in [5.74, 6) is -1.24. The topological polar surface area (TPSA) is 125 Å². The van der Waals surface area contributed by atoms with Crippen LogP contribution in [0.3, 0.4) is 0 Å². The predicted molar refractivity (Wildman–Crippen MR) is 140 cm³/mol. The Morgan fingerprint density at radius 2 is 1.74 bits per heavy atom. The molecule has 9 nitrogen and oxygen atoms in total. The largest absolute Gasteiger partial charge is 0.349 e. The molecule has 4 amide bonds. The van der Waals surface area contributed by atoms with Gasteiger partial charge in [0.15, 0.2) is 0 Å². The van der Waals surface area contributed by atoms with Crippen molar-refractivity contribution >= 4 is 29.9 Å². The number of nitrogens with one attached hydrogen (secondary N) is 3. The molecule has 0 spiro atoms. The predicted octanol–water partition coefficient (Wildman–Crippen LogP) is 1.93. The molecule has 4 aliphatic carbocycles. The van der Waals surface area contributed by atoms with Crippen LogP contribution < -0.4 is 16.0 Å². The highest BCUT2D eigenvalue weighted by atomic mass is 16.2. The van der Waals surface area contributed by atoms with Gasteiger partial charge in [0, 0.05) is 13.1 Å². The van der Waals surface area contributed by atoms with E-state index in [1.165, 1.54) is 0 Å². The van der Waals surface area contributed by atoms with Gasteiger partial charge in [-0.15, -0.1) is 0 Å². The Hall–Kier alpha value is -2.45. The Labute approximate surface area is 225 Å². The lowest BCUT2D eigenvalue weighted by Crippen LogP contribution is -2.61. The number of piperidine rings is 1. The lowest BCUT2D eigenvalue weighted by molar-refractivity contribution is -0.147. The average molecular weight is 529 g/mol. The molecular formula is C29H44N4O5. The Bertz CT molecular complexity index is 1020. The fourth-order valence-corrected chi connectivity index (χ4v) is 7.71. The van der Waals surface area contributed by atoms with Crippen LogP contribution in [-0.2, 0) is 24.0 Å². The Balaban J connectivity index is 1.36. The van der Waals surface area contributed by atoms with Crippen molar-refractivity contribution in [1.29, 1.82) is 0 Å². The fourth-order valence-electron chi connectivity index (χ4n) is 7.71. The number of rotatable bonds is 11. The van der Waals surface area contributed by atoms with Crippen LogP contribution in [0.15, 0.2) is 0 Å². The van der Waals surface area contributed by atoms with Gasteiger partial charge in [0.05, 0.1) is 0 Å². The van der Waals surface area contributed by atoms with Crippen LogP contribution in [0.4, 0.5) is 0 Å². The minimum absolute atomic E-state index is 0.0165. The molecule has 0 radical (unpaired) electrons. The van der Waals surface area contributed by atoms with Crippen LogP contribution in [-0.4, -0.2) is 65.5 Å². The summed E-state index contributed by atoms with van der Waals surface area (Å²) in [5, 5.41) is 8.57. The van der Waals surface area contributed by atoms with Crippen molar-refractivity contribution in [2.75, 3.05) is 13.1 Å². The van der Waals surface area contributed by atoms with E-state index in [1.54, 1.807) is 4.90 Å². The number of likely N-dealkylation sites (tertiary alicyclic amines) is 1. The minimum Gasteiger partial charge on any atom is -0.349 e. The van der Waals surface area contributed by atoms with Gasteiger partial charge in [0.2, 0.25) is 24.0 Å². The number of Topliss-reactive ketones (excluding diaryl/α,β-unsaturated/α-hetero) is 1. The van der Waals surface area contributed by atoms with Crippen LogP contribution in [0, 0.1) is 34.5 Å². The second-order valence-electron chi connectivity index (χ2n) is 13.6. The van der Waals surface area contributed by atoms with E-state index in [2.05, 4.69) is 36.7 Å². The molecule has 0 aromatic carbocycles. The molecule has 0 aromatic rings. The van der Waals surface area contributed by atoms with Crippen molar-refractivity contribution in [2.45, 2.75) is 103 Å².